The highest BCUT2D eigenvalue weighted by Gasteiger charge is 2.31. The number of nitrogens with two attached hydrogens (primary N) is 1. The molecule has 5 nitrogen and oxygen atoms in total. The molecule has 19 heavy (non-hydrogen) atoms. The molecule has 1 aliphatic heterocycles. The molecule has 1 aromatic rings. The quantitative estimate of drug-likeness (QED) is 0.871. The summed E-state index contributed by atoms with van der Waals surface area (Å²) >= 11 is 0. The molecule has 0 aliphatic carbocycles. The van der Waals surface area contributed by atoms with Crippen LogP contribution in [0, 0.1) is 0 Å². The number of carbonyl (C=O) groups excluding carboxylic acids is 1. The Morgan fingerprint density at radius 1 is 1.37 bits per heavy atom. The number of ether oxygens (including phenoxy) is 1. The van der Waals surface area contributed by atoms with Crippen molar-refractivity contribution in [2.24, 2.45) is 5.73 Å². The lowest BCUT2D eigenvalue weighted by Gasteiger charge is -2.27. The standard InChI is InChI=1S/C14H21N3O2/c1-16-8-5-9-17(14(18)12(16)10-15)11-6-3-4-7-13(11)19-2/h3-4,6-7,12H,5,8-10,15H2,1-2H3. The van der Waals surface area contributed by atoms with Gasteiger partial charge in [-0.2, -0.15) is 0 Å². The Balaban J connectivity index is 2.34. The summed E-state index contributed by atoms with van der Waals surface area (Å²) in [5, 5.41) is 0. The van der Waals surface area contributed by atoms with Gasteiger partial charge in [0.2, 0.25) is 5.91 Å². The zero-order valence-electron chi connectivity index (χ0n) is 11.5. The Kier molecular flexibility index (Phi) is 4.39. The maximum Gasteiger partial charge on any atom is 0.245 e. The van der Waals surface area contributed by atoms with Gasteiger partial charge in [-0.25, -0.2) is 0 Å². The van der Waals surface area contributed by atoms with Gasteiger partial charge in [-0.15, -0.1) is 0 Å². The lowest BCUT2D eigenvalue weighted by molar-refractivity contribution is -0.122. The Bertz CT molecular complexity index is 450. The number of benzene rings is 1. The predicted octanol–water partition coefficient (Wildman–Crippen LogP) is 0.691. The number of likely N-dealkylation sites (N-methyl/N-ethyl adjacent to an activating group) is 1. The molecular formula is C14H21N3O2. The smallest absolute Gasteiger partial charge is 0.245 e. The van der Waals surface area contributed by atoms with Crippen molar-refractivity contribution in [1.29, 1.82) is 0 Å². The minimum Gasteiger partial charge on any atom is -0.495 e. The second kappa shape index (κ2) is 6.04. The average Bonchev–Trinajstić information content (AvgIpc) is 2.57. The topological polar surface area (TPSA) is 58.8 Å². The third-order valence-corrected chi connectivity index (χ3v) is 3.57. The minimum absolute atomic E-state index is 0.0481. The lowest BCUT2D eigenvalue weighted by Crippen LogP contribution is -2.48. The number of para-hydroxylation sites is 2. The van der Waals surface area contributed by atoms with Gasteiger partial charge in [0.15, 0.2) is 0 Å². The van der Waals surface area contributed by atoms with Crippen LogP contribution in [0.4, 0.5) is 5.69 Å². The molecule has 0 radical (unpaired) electrons. The van der Waals surface area contributed by atoms with Crippen LogP contribution in [0.1, 0.15) is 6.42 Å². The van der Waals surface area contributed by atoms with E-state index in [4.69, 9.17) is 10.5 Å². The highest BCUT2D eigenvalue weighted by molar-refractivity contribution is 5.98. The zero-order valence-corrected chi connectivity index (χ0v) is 11.5. The number of nitrogens with zero attached hydrogens (tertiary/aromatic N) is 2. The van der Waals surface area contributed by atoms with E-state index in [-0.39, 0.29) is 11.9 Å². The van der Waals surface area contributed by atoms with Crippen molar-refractivity contribution in [3.8, 4) is 5.75 Å². The number of amides is 1. The Morgan fingerprint density at radius 2 is 2.11 bits per heavy atom. The second-order valence-electron chi connectivity index (χ2n) is 4.75. The zero-order chi connectivity index (χ0) is 13.8. The molecule has 0 spiro atoms. The number of carbonyl (C=O) groups is 1. The summed E-state index contributed by atoms with van der Waals surface area (Å²) in [6, 6.07) is 7.34. The van der Waals surface area contributed by atoms with Crippen molar-refractivity contribution in [2.75, 3.05) is 38.7 Å². The summed E-state index contributed by atoms with van der Waals surface area (Å²) in [6.07, 6.45) is 0.927. The third-order valence-electron chi connectivity index (χ3n) is 3.57. The van der Waals surface area contributed by atoms with E-state index < -0.39 is 0 Å². The predicted molar refractivity (Wildman–Crippen MR) is 75.4 cm³/mol. The summed E-state index contributed by atoms with van der Waals surface area (Å²) in [5.41, 5.74) is 6.57. The number of methoxy groups -OCH3 is 1. The number of hydrogen-bond acceptors (Lipinski definition) is 4. The van der Waals surface area contributed by atoms with E-state index >= 15 is 0 Å². The van der Waals surface area contributed by atoms with Gasteiger partial charge in [-0.1, -0.05) is 12.1 Å². The van der Waals surface area contributed by atoms with E-state index in [0.717, 1.165) is 24.4 Å². The molecule has 1 unspecified atom stereocenters. The summed E-state index contributed by atoms with van der Waals surface area (Å²) in [7, 11) is 3.56. The number of anilines is 1. The molecule has 1 fully saturated rings. The SMILES string of the molecule is COc1ccccc1N1CCCN(C)C(CN)C1=O. The fourth-order valence-corrected chi connectivity index (χ4v) is 2.49. The second-order valence-corrected chi connectivity index (χ2v) is 4.75. The average molecular weight is 263 g/mol. The first kappa shape index (κ1) is 13.8. The van der Waals surface area contributed by atoms with Crippen LogP contribution in [0.3, 0.4) is 0 Å². The van der Waals surface area contributed by atoms with E-state index in [1.165, 1.54) is 0 Å². The molecule has 2 rings (SSSR count). The van der Waals surface area contributed by atoms with Gasteiger partial charge in [0.05, 0.1) is 12.8 Å². The van der Waals surface area contributed by atoms with E-state index in [1.807, 2.05) is 36.2 Å². The molecule has 1 amide bonds. The lowest BCUT2D eigenvalue weighted by atomic mass is 10.2. The van der Waals surface area contributed by atoms with E-state index in [9.17, 15) is 4.79 Å². The van der Waals surface area contributed by atoms with Gasteiger partial charge in [0.25, 0.3) is 0 Å². The maximum atomic E-state index is 12.6. The maximum absolute atomic E-state index is 12.6. The normalized spacial score (nSPS) is 21.3. The van der Waals surface area contributed by atoms with E-state index in [1.54, 1.807) is 12.0 Å². The Hall–Kier alpha value is -1.59. The van der Waals surface area contributed by atoms with Gasteiger partial charge < -0.3 is 15.4 Å². The molecule has 0 bridgehead atoms. The largest absolute Gasteiger partial charge is 0.495 e. The first-order chi connectivity index (χ1) is 9.19. The summed E-state index contributed by atoms with van der Waals surface area (Å²) in [5.74, 6) is 0.767. The van der Waals surface area contributed by atoms with Crippen LogP contribution < -0.4 is 15.4 Å². The molecule has 1 aromatic carbocycles. The van der Waals surface area contributed by atoms with E-state index in [0.29, 0.717) is 13.1 Å². The van der Waals surface area contributed by atoms with Crippen molar-refractivity contribution in [1.82, 2.24) is 4.90 Å². The van der Waals surface area contributed by atoms with Crippen LogP contribution in [-0.4, -0.2) is 50.6 Å². The van der Waals surface area contributed by atoms with Crippen LogP contribution in [0.15, 0.2) is 24.3 Å². The first-order valence-electron chi connectivity index (χ1n) is 6.53. The fourth-order valence-electron chi connectivity index (χ4n) is 2.49. The van der Waals surface area contributed by atoms with Crippen LogP contribution in [0.5, 0.6) is 5.75 Å². The van der Waals surface area contributed by atoms with Crippen molar-refractivity contribution >= 4 is 11.6 Å². The number of hydrogen-bond donors (Lipinski definition) is 1. The molecule has 1 saturated heterocycles. The van der Waals surface area contributed by atoms with Gasteiger partial charge in [0, 0.05) is 19.6 Å². The van der Waals surface area contributed by atoms with Crippen LogP contribution in [0.2, 0.25) is 0 Å². The molecule has 2 N–H and O–H groups in total. The highest BCUT2D eigenvalue weighted by atomic mass is 16.5. The van der Waals surface area contributed by atoms with Crippen LogP contribution in [0.25, 0.3) is 0 Å². The molecule has 1 atom stereocenters. The highest BCUT2D eigenvalue weighted by Crippen LogP contribution is 2.29. The summed E-state index contributed by atoms with van der Waals surface area (Å²) < 4.78 is 5.34. The molecule has 1 heterocycles. The third kappa shape index (κ3) is 2.72. The molecular weight excluding hydrogens is 242 g/mol. The summed E-state index contributed by atoms with van der Waals surface area (Å²) in [6.45, 7) is 1.90. The Morgan fingerprint density at radius 3 is 2.79 bits per heavy atom. The fraction of sp³-hybridized carbons (Fsp3) is 0.500. The minimum atomic E-state index is -0.257. The van der Waals surface area contributed by atoms with Crippen LogP contribution >= 0.6 is 0 Å². The summed E-state index contributed by atoms with van der Waals surface area (Å²) in [4.78, 5) is 16.4. The van der Waals surface area contributed by atoms with Crippen molar-refractivity contribution in [3.05, 3.63) is 24.3 Å². The molecule has 0 saturated carbocycles. The molecule has 5 heteroatoms. The van der Waals surface area contributed by atoms with Gasteiger partial charge in [-0.3, -0.25) is 9.69 Å². The van der Waals surface area contributed by atoms with E-state index in [2.05, 4.69) is 0 Å². The number of rotatable bonds is 3. The molecule has 104 valence electrons. The Labute approximate surface area is 113 Å². The molecule has 1 aliphatic rings. The van der Waals surface area contributed by atoms with Crippen molar-refractivity contribution in [3.63, 3.8) is 0 Å². The van der Waals surface area contributed by atoms with Crippen molar-refractivity contribution < 1.29 is 9.53 Å². The monoisotopic (exact) mass is 263 g/mol. The molecule has 0 aromatic heterocycles. The van der Waals surface area contributed by atoms with Crippen molar-refractivity contribution in [2.45, 2.75) is 12.5 Å². The van der Waals surface area contributed by atoms with Gasteiger partial charge in [0.1, 0.15) is 11.8 Å². The van der Waals surface area contributed by atoms with Crippen LogP contribution in [-0.2, 0) is 4.79 Å². The van der Waals surface area contributed by atoms with Gasteiger partial charge >= 0.3 is 0 Å². The first-order valence-corrected chi connectivity index (χ1v) is 6.53. The van der Waals surface area contributed by atoms with Gasteiger partial charge in [-0.05, 0) is 25.6 Å².